The summed E-state index contributed by atoms with van der Waals surface area (Å²) in [7, 11) is 0. The van der Waals surface area contributed by atoms with Crippen molar-refractivity contribution in [3.8, 4) is 11.8 Å². The van der Waals surface area contributed by atoms with Crippen molar-refractivity contribution in [1.82, 2.24) is 14.5 Å². The summed E-state index contributed by atoms with van der Waals surface area (Å²) >= 11 is 0. The maximum atomic E-state index is 12.2. The minimum absolute atomic E-state index is 0.191. The average molecular weight is 517 g/mol. The van der Waals surface area contributed by atoms with Gasteiger partial charge in [-0.05, 0) is 48.7 Å². The molecule has 194 valence electrons. The SMILES string of the molecule is N#Cc1ccccc1Cn1c([C@@H]2CCCC[C@@H]2C(=O)O)nc2cc(OCc3ccc4ccccc4n3)ccc21. The molecule has 2 aromatic heterocycles. The number of rotatable bonds is 7. The fourth-order valence-electron chi connectivity index (χ4n) is 5.69. The van der Waals surface area contributed by atoms with Crippen LogP contribution in [0.1, 0.15) is 54.2 Å². The smallest absolute Gasteiger partial charge is 0.307 e. The zero-order chi connectivity index (χ0) is 26.8. The Morgan fingerprint density at radius 1 is 0.974 bits per heavy atom. The van der Waals surface area contributed by atoms with Crippen LogP contribution in [0.3, 0.4) is 0 Å². The topological polar surface area (TPSA) is 101 Å². The minimum atomic E-state index is -0.775. The van der Waals surface area contributed by atoms with Crippen LogP contribution in [-0.4, -0.2) is 25.6 Å². The monoisotopic (exact) mass is 516 g/mol. The maximum Gasteiger partial charge on any atom is 0.307 e. The number of carboxylic acids is 1. The highest BCUT2D eigenvalue weighted by Crippen LogP contribution is 2.39. The second-order valence-electron chi connectivity index (χ2n) is 10.1. The molecule has 0 spiro atoms. The van der Waals surface area contributed by atoms with Crippen LogP contribution in [0, 0.1) is 17.2 Å². The summed E-state index contributed by atoms with van der Waals surface area (Å²) in [5, 5.41) is 20.7. The van der Waals surface area contributed by atoms with Gasteiger partial charge in [0.15, 0.2) is 0 Å². The van der Waals surface area contributed by atoms with Gasteiger partial charge in [0.25, 0.3) is 0 Å². The van der Waals surface area contributed by atoms with E-state index in [4.69, 9.17) is 14.7 Å². The van der Waals surface area contributed by atoms with E-state index in [0.29, 0.717) is 30.9 Å². The number of aliphatic carboxylic acids is 1. The molecule has 7 heteroatoms. The third-order valence-electron chi connectivity index (χ3n) is 7.67. The van der Waals surface area contributed by atoms with Crippen molar-refractivity contribution in [3.05, 3.63) is 102 Å². The molecule has 5 aromatic rings. The van der Waals surface area contributed by atoms with Crippen LogP contribution in [0.25, 0.3) is 21.9 Å². The molecule has 0 amide bonds. The highest BCUT2D eigenvalue weighted by molar-refractivity contribution is 5.79. The third kappa shape index (κ3) is 4.94. The van der Waals surface area contributed by atoms with E-state index >= 15 is 0 Å². The van der Waals surface area contributed by atoms with Gasteiger partial charge in [-0.1, -0.05) is 55.3 Å². The first-order valence-electron chi connectivity index (χ1n) is 13.3. The number of pyridine rings is 1. The summed E-state index contributed by atoms with van der Waals surface area (Å²) in [6.45, 7) is 0.767. The molecule has 3 aromatic carbocycles. The molecule has 0 bridgehead atoms. The first-order chi connectivity index (χ1) is 19.1. The molecule has 6 rings (SSSR count). The molecule has 2 atom stereocenters. The van der Waals surface area contributed by atoms with Crippen LogP contribution in [0.2, 0.25) is 0 Å². The number of benzene rings is 3. The van der Waals surface area contributed by atoms with Crippen molar-refractivity contribution >= 4 is 27.9 Å². The minimum Gasteiger partial charge on any atom is -0.487 e. The largest absolute Gasteiger partial charge is 0.487 e. The molecule has 0 aliphatic heterocycles. The van der Waals surface area contributed by atoms with Gasteiger partial charge >= 0.3 is 5.97 Å². The second-order valence-corrected chi connectivity index (χ2v) is 10.1. The van der Waals surface area contributed by atoms with Crippen LogP contribution in [0.15, 0.2) is 78.9 Å². The number of hydrogen-bond donors (Lipinski definition) is 1. The van der Waals surface area contributed by atoms with E-state index in [9.17, 15) is 15.2 Å². The molecular formula is C32H28N4O3. The van der Waals surface area contributed by atoms with Gasteiger partial charge in [-0.3, -0.25) is 4.79 Å². The van der Waals surface area contributed by atoms with E-state index in [2.05, 4.69) is 10.6 Å². The number of nitriles is 1. The molecule has 7 nitrogen and oxygen atoms in total. The quantitative estimate of drug-likeness (QED) is 0.267. The molecule has 1 saturated carbocycles. The number of carboxylic acid groups (broad SMARTS) is 1. The number of hydrogen-bond acceptors (Lipinski definition) is 5. The van der Waals surface area contributed by atoms with Crippen molar-refractivity contribution in [2.45, 2.75) is 44.8 Å². The Bertz CT molecular complexity index is 1720. The summed E-state index contributed by atoms with van der Waals surface area (Å²) in [4.78, 5) is 21.9. The maximum absolute atomic E-state index is 12.2. The lowest BCUT2D eigenvalue weighted by Gasteiger charge is -2.28. The van der Waals surface area contributed by atoms with E-state index in [1.165, 1.54) is 0 Å². The van der Waals surface area contributed by atoms with Gasteiger partial charge < -0.3 is 14.4 Å². The number of para-hydroxylation sites is 1. The predicted octanol–water partition coefficient (Wildman–Crippen LogP) is 6.44. The Kier molecular flexibility index (Phi) is 6.68. The van der Waals surface area contributed by atoms with E-state index in [1.54, 1.807) is 0 Å². The van der Waals surface area contributed by atoms with Gasteiger partial charge in [-0.2, -0.15) is 5.26 Å². The first-order valence-corrected chi connectivity index (χ1v) is 13.3. The zero-order valence-corrected chi connectivity index (χ0v) is 21.5. The number of aromatic nitrogens is 3. The first kappa shape index (κ1) is 24.6. The van der Waals surface area contributed by atoms with Gasteiger partial charge in [0, 0.05) is 17.4 Å². The summed E-state index contributed by atoms with van der Waals surface area (Å²) in [6.07, 6.45) is 3.30. The van der Waals surface area contributed by atoms with Crippen LogP contribution in [0.4, 0.5) is 0 Å². The highest BCUT2D eigenvalue weighted by atomic mass is 16.5. The molecule has 1 fully saturated rings. The van der Waals surface area contributed by atoms with Gasteiger partial charge in [0.1, 0.15) is 18.2 Å². The number of ether oxygens (including phenoxy) is 1. The van der Waals surface area contributed by atoms with Gasteiger partial charge in [-0.25, -0.2) is 9.97 Å². The molecule has 1 N–H and O–H groups in total. The van der Waals surface area contributed by atoms with Crippen molar-refractivity contribution in [2.24, 2.45) is 5.92 Å². The predicted molar refractivity (Wildman–Crippen MR) is 148 cm³/mol. The van der Waals surface area contributed by atoms with Crippen LogP contribution in [-0.2, 0) is 17.9 Å². The van der Waals surface area contributed by atoms with Gasteiger partial charge in [0.2, 0.25) is 0 Å². The molecule has 1 aliphatic carbocycles. The normalized spacial score (nSPS) is 17.2. The molecule has 1 aliphatic rings. The lowest BCUT2D eigenvalue weighted by atomic mass is 9.78. The van der Waals surface area contributed by atoms with Crippen molar-refractivity contribution in [2.75, 3.05) is 0 Å². The van der Waals surface area contributed by atoms with Gasteiger partial charge in [-0.15, -0.1) is 0 Å². The summed E-state index contributed by atoms with van der Waals surface area (Å²) in [5.41, 5.74) is 4.88. The molecule has 0 radical (unpaired) electrons. The van der Waals surface area contributed by atoms with E-state index < -0.39 is 11.9 Å². The van der Waals surface area contributed by atoms with E-state index in [1.807, 2.05) is 78.9 Å². The van der Waals surface area contributed by atoms with Crippen LogP contribution in [0.5, 0.6) is 5.75 Å². The zero-order valence-electron chi connectivity index (χ0n) is 21.5. The highest BCUT2D eigenvalue weighted by Gasteiger charge is 2.35. The van der Waals surface area contributed by atoms with Crippen molar-refractivity contribution < 1.29 is 14.6 Å². The Morgan fingerprint density at radius 2 is 1.79 bits per heavy atom. The number of nitrogens with zero attached hydrogens (tertiary/aromatic N) is 4. The molecule has 2 heterocycles. The Hall–Kier alpha value is -4.70. The molecule has 39 heavy (non-hydrogen) atoms. The summed E-state index contributed by atoms with van der Waals surface area (Å²) in [6, 6.07) is 27.6. The lowest BCUT2D eigenvalue weighted by molar-refractivity contribution is -0.143. The molecular weight excluding hydrogens is 488 g/mol. The van der Waals surface area contributed by atoms with Crippen molar-refractivity contribution in [3.63, 3.8) is 0 Å². The molecule has 0 saturated heterocycles. The average Bonchev–Trinajstić information content (AvgIpc) is 3.33. The number of carbonyl (C=O) groups is 1. The second kappa shape index (κ2) is 10.6. The number of imidazole rings is 1. The lowest BCUT2D eigenvalue weighted by Crippen LogP contribution is -2.27. The standard InChI is InChI=1S/C32H28N4O3/c33-18-22-8-1-2-9-23(22)19-36-30-16-15-25(39-20-24-14-13-21-7-3-6-12-28(21)34-24)17-29(30)35-31(36)26-10-4-5-11-27(26)32(37)38/h1-3,6-9,12-17,26-27H,4-5,10-11,19-20H2,(H,37,38)/t26-,27+/m1/s1. The Morgan fingerprint density at radius 3 is 2.67 bits per heavy atom. The van der Waals surface area contributed by atoms with E-state index in [-0.39, 0.29) is 5.92 Å². The fraction of sp³-hybridized carbons (Fsp3) is 0.250. The van der Waals surface area contributed by atoms with E-state index in [0.717, 1.165) is 58.3 Å². The van der Waals surface area contributed by atoms with Crippen molar-refractivity contribution in [1.29, 1.82) is 5.26 Å². The molecule has 0 unspecified atom stereocenters. The number of fused-ring (bicyclic) bond motifs is 2. The summed E-state index contributed by atoms with van der Waals surface area (Å²) in [5.74, 6) is -0.00960. The Balaban J connectivity index is 1.36. The van der Waals surface area contributed by atoms with Crippen LogP contribution >= 0.6 is 0 Å². The van der Waals surface area contributed by atoms with Gasteiger partial charge in [0.05, 0.1) is 46.3 Å². The third-order valence-corrected chi connectivity index (χ3v) is 7.67. The van der Waals surface area contributed by atoms with Crippen LogP contribution < -0.4 is 4.74 Å². The fourth-order valence-corrected chi connectivity index (χ4v) is 5.69. The Labute approximate surface area is 226 Å². The summed E-state index contributed by atoms with van der Waals surface area (Å²) < 4.78 is 8.20.